The highest BCUT2D eigenvalue weighted by molar-refractivity contribution is 4.99. The predicted molar refractivity (Wildman–Crippen MR) is 81.3 cm³/mol. The molecule has 1 N–H and O–H groups in total. The van der Waals surface area contributed by atoms with Gasteiger partial charge in [-0.05, 0) is 62.9 Å². The molecule has 0 aromatic heterocycles. The molecule has 1 saturated carbocycles. The van der Waals surface area contributed by atoms with Gasteiger partial charge < -0.3 is 5.32 Å². The van der Waals surface area contributed by atoms with Gasteiger partial charge in [0.2, 0.25) is 0 Å². The Morgan fingerprint density at radius 1 is 1.00 bits per heavy atom. The summed E-state index contributed by atoms with van der Waals surface area (Å²) in [5.41, 5.74) is 0.565. The van der Waals surface area contributed by atoms with Crippen LogP contribution in [-0.4, -0.2) is 36.1 Å². The van der Waals surface area contributed by atoms with Crippen molar-refractivity contribution >= 4 is 0 Å². The molecule has 0 bridgehead atoms. The molecule has 1 aliphatic carbocycles. The number of hydrogen-bond acceptors (Lipinski definition) is 2. The van der Waals surface area contributed by atoms with Gasteiger partial charge in [0, 0.05) is 18.1 Å². The molecule has 3 fully saturated rings. The Kier molecular flexibility index (Phi) is 3.92. The monoisotopic (exact) mass is 264 g/mol. The zero-order valence-corrected chi connectivity index (χ0v) is 13.1. The molecule has 0 amide bonds. The van der Waals surface area contributed by atoms with Gasteiger partial charge in [-0.3, -0.25) is 4.90 Å². The molecule has 2 saturated heterocycles. The number of piperidine rings is 1. The number of likely N-dealkylation sites (tertiary alicyclic amines) is 1. The van der Waals surface area contributed by atoms with E-state index in [-0.39, 0.29) is 0 Å². The van der Waals surface area contributed by atoms with Crippen LogP contribution in [0.3, 0.4) is 0 Å². The van der Waals surface area contributed by atoms with Gasteiger partial charge in [-0.25, -0.2) is 0 Å². The number of hydrogen-bond donors (Lipinski definition) is 1. The maximum atomic E-state index is 3.77. The van der Waals surface area contributed by atoms with E-state index in [0.29, 0.717) is 5.41 Å². The standard InChI is InChI=1S/C17H32N2/c1-13-11-17(2,3)12-16(13)19-10-5-4-8-15(19)14-7-6-9-18-14/h13-16,18H,4-12H2,1-3H3. The van der Waals surface area contributed by atoms with Crippen LogP contribution in [0.25, 0.3) is 0 Å². The van der Waals surface area contributed by atoms with Crippen LogP contribution < -0.4 is 5.32 Å². The Bertz CT molecular complexity index is 304. The first-order valence-electron chi connectivity index (χ1n) is 8.56. The van der Waals surface area contributed by atoms with Crippen molar-refractivity contribution in [1.82, 2.24) is 10.2 Å². The van der Waals surface area contributed by atoms with E-state index >= 15 is 0 Å². The van der Waals surface area contributed by atoms with Gasteiger partial charge in [0.25, 0.3) is 0 Å². The third-order valence-electron chi connectivity index (χ3n) is 5.87. The van der Waals surface area contributed by atoms with Crippen LogP contribution in [0, 0.1) is 11.3 Å². The second-order valence-electron chi connectivity index (χ2n) is 8.12. The van der Waals surface area contributed by atoms with Crippen LogP contribution in [0.2, 0.25) is 0 Å². The smallest absolute Gasteiger partial charge is 0.0252 e. The highest BCUT2D eigenvalue weighted by atomic mass is 15.2. The molecule has 2 aliphatic heterocycles. The first-order chi connectivity index (χ1) is 9.07. The topological polar surface area (TPSA) is 15.3 Å². The number of nitrogens with one attached hydrogen (secondary N) is 1. The third-order valence-corrected chi connectivity index (χ3v) is 5.87. The molecular formula is C17H32N2. The quantitative estimate of drug-likeness (QED) is 0.822. The summed E-state index contributed by atoms with van der Waals surface area (Å²) in [4.78, 5) is 2.92. The van der Waals surface area contributed by atoms with E-state index in [1.54, 1.807) is 0 Å². The molecule has 3 rings (SSSR count). The molecule has 19 heavy (non-hydrogen) atoms. The summed E-state index contributed by atoms with van der Waals surface area (Å²) >= 11 is 0. The minimum atomic E-state index is 0.565. The predicted octanol–water partition coefficient (Wildman–Crippen LogP) is 3.42. The largest absolute Gasteiger partial charge is 0.312 e. The van der Waals surface area contributed by atoms with Crippen molar-refractivity contribution in [3.63, 3.8) is 0 Å². The van der Waals surface area contributed by atoms with E-state index in [9.17, 15) is 0 Å². The van der Waals surface area contributed by atoms with Crippen LogP contribution in [-0.2, 0) is 0 Å². The number of nitrogens with zero attached hydrogens (tertiary/aromatic N) is 1. The SMILES string of the molecule is CC1CC(C)(C)CC1N1CCCCC1C1CCCN1. The second kappa shape index (κ2) is 5.37. The van der Waals surface area contributed by atoms with E-state index in [2.05, 4.69) is 31.0 Å². The minimum Gasteiger partial charge on any atom is -0.312 e. The normalized spacial score (nSPS) is 43.7. The first-order valence-corrected chi connectivity index (χ1v) is 8.56. The molecule has 4 unspecified atom stereocenters. The molecule has 0 aromatic carbocycles. The van der Waals surface area contributed by atoms with E-state index in [1.165, 1.54) is 58.0 Å². The fourth-order valence-electron chi connectivity index (χ4n) is 5.17. The summed E-state index contributed by atoms with van der Waals surface area (Å²) in [7, 11) is 0. The molecule has 0 radical (unpaired) electrons. The van der Waals surface area contributed by atoms with Gasteiger partial charge >= 0.3 is 0 Å². The molecule has 0 spiro atoms. The lowest BCUT2D eigenvalue weighted by Gasteiger charge is -2.44. The summed E-state index contributed by atoms with van der Waals surface area (Å²) in [6, 6.07) is 2.47. The van der Waals surface area contributed by atoms with Crippen LogP contribution >= 0.6 is 0 Å². The number of rotatable bonds is 2. The van der Waals surface area contributed by atoms with Crippen molar-refractivity contribution in [3.05, 3.63) is 0 Å². The maximum Gasteiger partial charge on any atom is 0.0252 e. The van der Waals surface area contributed by atoms with Gasteiger partial charge in [0.1, 0.15) is 0 Å². The zero-order chi connectivity index (χ0) is 13.5. The van der Waals surface area contributed by atoms with E-state index in [0.717, 1.165) is 24.0 Å². The van der Waals surface area contributed by atoms with Gasteiger partial charge in [-0.1, -0.05) is 27.2 Å². The van der Waals surface area contributed by atoms with Gasteiger partial charge in [0.15, 0.2) is 0 Å². The average Bonchev–Trinajstić information content (AvgIpc) is 2.97. The Labute approximate surface area is 119 Å². The first kappa shape index (κ1) is 13.9. The molecule has 2 heterocycles. The van der Waals surface area contributed by atoms with E-state index in [1.807, 2.05) is 0 Å². The molecular weight excluding hydrogens is 232 g/mol. The maximum absolute atomic E-state index is 3.77. The summed E-state index contributed by atoms with van der Waals surface area (Å²) < 4.78 is 0. The molecule has 2 heteroatoms. The van der Waals surface area contributed by atoms with Crippen LogP contribution in [0.1, 0.15) is 65.7 Å². The Morgan fingerprint density at radius 3 is 2.47 bits per heavy atom. The fraction of sp³-hybridized carbons (Fsp3) is 1.00. The average molecular weight is 264 g/mol. The summed E-state index contributed by atoms with van der Waals surface area (Å²) in [6.07, 6.45) is 9.93. The summed E-state index contributed by atoms with van der Waals surface area (Å²) in [5.74, 6) is 0.886. The van der Waals surface area contributed by atoms with Crippen LogP contribution in [0.15, 0.2) is 0 Å². The highest BCUT2D eigenvalue weighted by Gasteiger charge is 2.43. The summed E-state index contributed by atoms with van der Waals surface area (Å²) in [5, 5.41) is 3.77. The Morgan fingerprint density at radius 2 is 1.84 bits per heavy atom. The van der Waals surface area contributed by atoms with Crippen molar-refractivity contribution in [1.29, 1.82) is 0 Å². The highest BCUT2D eigenvalue weighted by Crippen LogP contribution is 2.45. The van der Waals surface area contributed by atoms with Gasteiger partial charge in [-0.15, -0.1) is 0 Å². The Hall–Kier alpha value is -0.0800. The van der Waals surface area contributed by atoms with Gasteiger partial charge in [0.05, 0.1) is 0 Å². The van der Waals surface area contributed by atoms with Crippen molar-refractivity contribution < 1.29 is 0 Å². The fourth-order valence-corrected chi connectivity index (χ4v) is 5.17. The van der Waals surface area contributed by atoms with Gasteiger partial charge in [-0.2, -0.15) is 0 Å². The molecule has 0 aromatic rings. The van der Waals surface area contributed by atoms with E-state index in [4.69, 9.17) is 0 Å². The molecule has 4 atom stereocenters. The van der Waals surface area contributed by atoms with Crippen molar-refractivity contribution in [3.8, 4) is 0 Å². The lowest BCUT2D eigenvalue weighted by atomic mass is 9.89. The third kappa shape index (κ3) is 2.85. The van der Waals surface area contributed by atoms with Crippen LogP contribution in [0.4, 0.5) is 0 Å². The molecule has 110 valence electrons. The zero-order valence-electron chi connectivity index (χ0n) is 13.1. The second-order valence-corrected chi connectivity index (χ2v) is 8.12. The lowest BCUT2D eigenvalue weighted by molar-refractivity contribution is 0.0555. The minimum absolute atomic E-state index is 0.565. The van der Waals surface area contributed by atoms with Crippen molar-refractivity contribution in [2.45, 2.75) is 83.8 Å². The Balaban J connectivity index is 1.73. The van der Waals surface area contributed by atoms with Crippen molar-refractivity contribution in [2.75, 3.05) is 13.1 Å². The molecule has 2 nitrogen and oxygen atoms in total. The van der Waals surface area contributed by atoms with E-state index < -0.39 is 0 Å². The lowest BCUT2D eigenvalue weighted by Crippen LogP contribution is -2.54. The van der Waals surface area contributed by atoms with Crippen LogP contribution in [0.5, 0.6) is 0 Å². The molecule has 3 aliphatic rings. The summed E-state index contributed by atoms with van der Waals surface area (Å²) in [6.45, 7) is 10.0. The van der Waals surface area contributed by atoms with Crippen molar-refractivity contribution in [2.24, 2.45) is 11.3 Å².